The van der Waals surface area contributed by atoms with Crippen LogP contribution in [0.25, 0.3) is 0 Å². The van der Waals surface area contributed by atoms with Gasteiger partial charge in [0.2, 0.25) is 5.67 Å². The normalized spacial score (nSPS) is 32.4. The molecule has 184 valence electrons. The number of hydrogen-bond acceptors (Lipinski definition) is 10. The maximum absolute atomic E-state index is 15.0. The van der Waals surface area contributed by atoms with E-state index in [-0.39, 0.29) is 4.57 Å². The smallest absolute Gasteiger partial charge is 0.383 e. The van der Waals surface area contributed by atoms with E-state index in [2.05, 4.69) is 17.9 Å². The summed E-state index contributed by atoms with van der Waals surface area (Å²) in [6.07, 6.45) is -5.16. The van der Waals surface area contributed by atoms with Gasteiger partial charge in [0.05, 0.1) is 0 Å². The quantitative estimate of drug-likeness (QED) is 0.210. The van der Waals surface area contributed by atoms with Gasteiger partial charge in [0.15, 0.2) is 12.3 Å². The summed E-state index contributed by atoms with van der Waals surface area (Å²) in [6, 6.07) is 0.639. The van der Waals surface area contributed by atoms with Crippen molar-refractivity contribution in [1.29, 1.82) is 0 Å². The van der Waals surface area contributed by atoms with Gasteiger partial charge in [-0.1, -0.05) is 0 Å². The number of ether oxygens (including phenoxy) is 1. The van der Waals surface area contributed by atoms with Gasteiger partial charge in [-0.3, -0.25) is 18.9 Å². The van der Waals surface area contributed by atoms with Crippen LogP contribution in [0.5, 0.6) is 0 Å². The Kier molecular flexibility index (Phi) is 7.49. The van der Waals surface area contributed by atoms with Crippen molar-refractivity contribution < 1.29 is 69.4 Å². The minimum absolute atomic E-state index is 0.149. The zero-order valence-electron chi connectivity index (χ0n) is 15.1. The number of aliphatic hydroxyl groups is 1. The molecule has 6 N–H and O–H groups in total. The Morgan fingerprint density at radius 2 is 1.72 bits per heavy atom. The number of phosphoric ester groups is 1. The van der Waals surface area contributed by atoms with E-state index < -0.39 is 71.9 Å². The van der Waals surface area contributed by atoms with Crippen LogP contribution in [0.4, 0.5) is 13.2 Å². The number of aromatic nitrogens is 2. The number of alkyl halides is 3. The van der Waals surface area contributed by atoms with Gasteiger partial charge in [-0.2, -0.15) is 8.62 Å². The summed E-state index contributed by atoms with van der Waals surface area (Å²) in [5.41, 5.74) is -6.10. The Balaban J connectivity index is 2.27. The molecule has 2 unspecified atom stereocenters. The molecule has 2 heterocycles. The van der Waals surface area contributed by atoms with E-state index in [0.29, 0.717) is 12.3 Å². The number of hydrogen-bond donors (Lipinski definition) is 6. The van der Waals surface area contributed by atoms with Crippen molar-refractivity contribution in [1.82, 2.24) is 9.55 Å². The highest BCUT2D eigenvalue weighted by Gasteiger charge is 2.67. The molecule has 1 aliphatic heterocycles. The van der Waals surface area contributed by atoms with Crippen LogP contribution in [0, 0.1) is 0 Å². The molecule has 1 aromatic heterocycles. The van der Waals surface area contributed by atoms with Crippen LogP contribution in [0.2, 0.25) is 0 Å². The summed E-state index contributed by atoms with van der Waals surface area (Å²) in [5.74, 6) is -3.90. The monoisotopic (exact) mass is 536 g/mol. The first-order valence-electron chi connectivity index (χ1n) is 7.74. The number of phosphoric acid groups is 3. The van der Waals surface area contributed by atoms with Crippen LogP contribution in [0.1, 0.15) is 6.23 Å². The van der Waals surface area contributed by atoms with Crippen molar-refractivity contribution in [2.24, 2.45) is 0 Å². The van der Waals surface area contributed by atoms with E-state index >= 15 is 4.39 Å². The molecule has 2 rings (SSSR count). The van der Waals surface area contributed by atoms with E-state index in [9.17, 15) is 42.1 Å². The van der Waals surface area contributed by atoms with E-state index in [0.717, 1.165) is 0 Å². The van der Waals surface area contributed by atoms with Crippen molar-refractivity contribution in [3.05, 3.63) is 33.1 Å². The highest BCUT2D eigenvalue weighted by atomic mass is 31.3. The molecule has 0 radical (unpaired) electrons. The third kappa shape index (κ3) is 6.02. The number of H-pyrrole nitrogens is 1. The number of aromatic amines is 1. The molecule has 0 amide bonds. The van der Waals surface area contributed by atoms with Crippen LogP contribution < -0.4 is 11.2 Å². The van der Waals surface area contributed by atoms with Crippen LogP contribution in [-0.2, 0) is 31.6 Å². The van der Waals surface area contributed by atoms with E-state index in [4.69, 9.17) is 14.7 Å². The maximum Gasteiger partial charge on any atom is 0.490 e. The second kappa shape index (κ2) is 8.87. The molecule has 1 saturated heterocycles. The highest BCUT2D eigenvalue weighted by molar-refractivity contribution is 7.66. The lowest BCUT2D eigenvalue weighted by atomic mass is 9.96. The van der Waals surface area contributed by atoms with Gasteiger partial charge >= 0.3 is 29.2 Å². The van der Waals surface area contributed by atoms with Gasteiger partial charge in [-0.15, -0.1) is 0 Å². The molecule has 0 aliphatic carbocycles. The topological polar surface area (TPSA) is 244 Å². The molecule has 0 bridgehead atoms. The van der Waals surface area contributed by atoms with Crippen molar-refractivity contribution in [3.63, 3.8) is 0 Å². The maximum atomic E-state index is 15.0. The fourth-order valence-electron chi connectivity index (χ4n) is 2.47. The van der Waals surface area contributed by atoms with Crippen molar-refractivity contribution in [2.75, 3.05) is 13.3 Å². The molecule has 0 spiro atoms. The summed E-state index contributed by atoms with van der Waals surface area (Å²) < 4.78 is 92.1. The fraction of sp³-hybridized carbons (Fsp3) is 0.600. The average Bonchev–Trinajstić information content (AvgIpc) is 2.80. The zero-order valence-corrected chi connectivity index (χ0v) is 17.7. The molecule has 22 heteroatoms. The molecule has 32 heavy (non-hydrogen) atoms. The Morgan fingerprint density at radius 1 is 1.12 bits per heavy atom. The number of halogens is 3. The lowest BCUT2D eigenvalue weighted by Crippen LogP contribution is -2.50. The second-order valence-corrected chi connectivity index (χ2v) is 10.5. The van der Waals surface area contributed by atoms with Gasteiger partial charge in [-0.25, -0.2) is 31.7 Å². The van der Waals surface area contributed by atoms with E-state index in [1.165, 1.54) is 0 Å². The second-order valence-electron chi connectivity index (χ2n) is 6.10. The predicted molar refractivity (Wildman–Crippen MR) is 90.9 cm³/mol. The number of nitrogens with one attached hydrogen (secondary N) is 1. The molecule has 6 atom stereocenters. The molecule has 0 saturated carbocycles. The van der Waals surface area contributed by atoms with Crippen LogP contribution in [-0.4, -0.2) is 65.1 Å². The Bertz CT molecular complexity index is 1120. The molecule has 16 nitrogen and oxygen atoms in total. The Labute approximate surface area is 173 Å². The van der Waals surface area contributed by atoms with E-state index in [1.807, 2.05) is 0 Å². The third-order valence-corrected chi connectivity index (χ3v) is 7.51. The van der Waals surface area contributed by atoms with Crippen molar-refractivity contribution in [2.45, 2.75) is 23.9 Å². The molecule has 1 aliphatic rings. The van der Waals surface area contributed by atoms with Crippen LogP contribution >= 0.6 is 23.5 Å². The lowest BCUT2D eigenvalue weighted by Gasteiger charge is -2.26. The standard InChI is InChI=1S/C10H14F3N2O14P3/c11-3-9(12)6(17)10(13,27-7(9)15-2-1-5(16)14-8(15)18)4-26-31(22,23)29-32(24,25)28-30(19,20)21/h1-2,6-7,17H,3-4H2,(H,22,23)(H,24,25)(H,14,16,18)(H2,19,20,21)/t6-,7+,9+,10+/m0/s1. The van der Waals surface area contributed by atoms with E-state index in [1.54, 1.807) is 4.98 Å². The molecule has 0 aromatic carbocycles. The number of rotatable bonds is 9. The molecular formula is C10H14F3N2O14P3. The fourth-order valence-corrected chi connectivity index (χ4v) is 5.50. The molecule has 1 aromatic rings. The number of nitrogens with zero attached hydrogens (tertiary/aromatic N) is 1. The van der Waals surface area contributed by atoms with Gasteiger partial charge in [0.25, 0.3) is 11.4 Å². The molecule has 1 fully saturated rings. The largest absolute Gasteiger partial charge is 0.490 e. The average molecular weight is 536 g/mol. The first-order valence-corrected chi connectivity index (χ1v) is 12.3. The van der Waals surface area contributed by atoms with Gasteiger partial charge < -0.3 is 29.4 Å². The minimum atomic E-state index is -5.98. The van der Waals surface area contributed by atoms with Crippen molar-refractivity contribution in [3.8, 4) is 0 Å². The summed E-state index contributed by atoms with van der Waals surface area (Å²) in [6.45, 7) is -4.18. The van der Waals surface area contributed by atoms with Crippen LogP contribution in [0.3, 0.4) is 0 Å². The summed E-state index contributed by atoms with van der Waals surface area (Å²) in [7, 11) is -17.6. The SMILES string of the molecule is O=c1ccn([C@@H]2O[C@](F)(COP(=O)(O)OP(=O)(O)OP(=O)(O)O)[C@@H](O)[C@]2(F)CF)c(=O)[nH]1. The number of aliphatic hydroxyl groups excluding tert-OH is 1. The predicted octanol–water partition coefficient (Wildman–Crippen LogP) is -0.887. The Morgan fingerprint density at radius 3 is 2.22 bits per heavy atom. The summed E-state index contributed by atoms with van der Waals surface area (Å²) in [5, 5.41) is 9.90. The molecular weight excluding hydrogens is 522 g/mol. The summed E-state index contributed by atoms with van der Waals surface area (Å²) in [4.78, 5) is 59.7. The van der Waals surface area contributed by atoms with Gasteiger partial charge in [0, 0.05) is 12.3 Å². The first-order chi connectivity index (χ1) is 14.3. The van der Waals surface area contributed by atoms with Gasteiger partial charge in [0.1, 0.15) is 13.3 Å². The van der Waals surface area contributed by atoms with Crippen molar-refractivity contribution >= 4 is 23.5 Å². The Hall–Kier alpha value is -1.20. The lowest BCUT2D eigenvalue weighted by molar-refractivity contribution is -0.204. The highest BCUT2D eigenvalue weighted by Crippen LogP contribution is 2.66. The minimum Gasteiger partial charge on any atom is -0.383 e. The van der Waals surface area contributed by atoms with Crippen LogP contribution in [0.15, 0.2) is 21.9 Å². The first kappa shape index (κ1) is 27.0. The summed E-state index contributed by atoms with van der Waals surface area (Å²) >= 11 is 0. The third-order valence-electron chi connectivity index (χ3n) is 3.73. The zero-order chi connectivity index (χ0) is 24.8. The van der Waals surface area contributed by atoms with Gasteiger partial charge in [-0.05, 0) is 0 Å².